The van der Waals surface area contributed by atoms with Gasteiger partial charge in [0.05, 0.1) is 6.26 Å². The highest BCUT2D eigenvalue weighted by molar-refractivity contribution is 6.50. The lowest BCUT2D eigenvalue weighted by atomic mass is 9.95. The van der Waals surface area contributed by atoms with Crippen LogP contribution in [0.1, 0.15) is 17.5 Å². The first-order chi connectivity index (χ1) is 9.15. The molecule has 2 atom stereocenters. The van der Waals surface area contributed by atoms with E-state index in [1.54, 1.807) is 13.0 Å². The molecule has 2 unspecified atom stereocenters. The van der Waals surface area contributed by atoms with Crippen molar-refractivity contribution in [3.63, 3.8) is 0 Å². The lowest BCUT2D eigenvalue weighted by Crippen LogP contribution is -2.35. The second kappa shape index (κ2) is 4.04. The van der Waals surface area contributed by atoms with Crippen molar-refractivity contribution >= 4 is 23.3 Å². The fourth-order valence-electron chi connectivity index (χ4n) is 2.38. The summed E-state index contributed by atoms with van der Waals surface area (Å²) in [5, 5.41) is 3.83. The van der Waals surface area contributed by atoms with Gasteiger partial charge in [-0.1, -0.05) is 0 Å². The van der Waals surface area contributed by atoms with Gasteiger partial charge in [-0.15, -0.1) is 0 Å². The molecule has 98 valence electrons. The summed E-state index contributed by atoms with van der Waals surface area (Å²) in [6.07, 6.45) is 1.37. The highest BCUT2D eigenvalue weighted by atomic mass is 16.3. The molecule has 0 aromatic carbocycles. The Hall–Kier alpha value is -2.44. The molecule has 0 spiro atoms. The molecule has 1 aromatic rings. The van der Waals surface area contributed by atoms with Crippen LogP contribution in [0.5, 0.6) is 0 Å². The van der Waals surface area contributed by atoms with Crippen LogP contribution < -0.4 is 5.43 Å². The molecule has 7 heteroatoms. The van der Waals surface area contributed by atoms with Crippen molar-refractivity contribution < 1.29 is 18.8 Å². The van der Waals surface area contributed by atoms with E-state index in [0.29, 0.717) is 0 Å². The van der Waals surface area contributed by atoms with Gasteiger partial charge in [0.25, 0.3) is 5.91 Å². The third-order valence-corrected chi connectivity index (χ3v) is 3.31. The maximum atomic E-state index is 12.2. The van der Waals surface area contributed by atoms with Crippen molar-refractivity contribution in [3.8, 4) is 0 Å². The number of likely N-dealkylation sites (tertiary alicyclic amines) is 1. The second-order valence-electron chi connectivity index (χ2n) is 4.31. The minimum atomic E-state index is -0.843. The third kappa shape index (κ3) is 1.51. The Labute approximate surface area is 108 Å². The number of fused-ring (bicyclic) bond motifs is 1. The van der Waals surface area contributed by atoms with Crippen molar-refractivity contribution in [3.05, 3.63) is 24.2 Å². The molecule has 1 fully saturated rings. The molecule has 3 rings (SSSR count). The number of hydrogen-bond acceptors (Lipinski definition) is 6. The van der Waals surface area contributed by atoms with Crippen molar-refractivity contribution in [1.82, 2.24) is 10.3 Å². The number of ketones is 1. The molecule has 7 nitrogen and oxygen atoms in total. The Morgan fingerprint density at radius 1 is 1.47 bits per heavy atom. The number of imide groups is 1. The Morgan fingerprint density at radius 2 is 2.26 bits per heavy atom. The number of carbonyl (C=O) groups excluding carboxylic acids is 3. The highest BCUT2D eigenvalue weighted by Crippen LogP contribution is 2.27. The number of nitrogens with one attached hydrogen (secondary N) is 1. The van der Waals surface area contributed by atoms with Gasteiger partial charge in [-0.2, -0.15) is 5.10 Å². The molecule has 1 N–H and O–H groups in total. The summed E-state index contributed by atoms with van der Waals surface area (Å²) in [6, 6.07) is 2.31. The predicted octanol–water partition coefficient (Wildman–Crippen LogP) is -0.205. The molecule has 1 aromatic heterocycles. The number of amides is 2. The molecule has 0 aliphatic carbocycles. The monoisotopic (exact) mass is 261 g/mol. The molecule has 0 bridgehead atoms. The van der Waals surface area contributed by atoms with Crippen LogP contribution in [0.25, 0.3) is 0 Å². The van der Waals surface area contributed by atoms with Gasteiger partial charge < -0.3 is 4.42 Å². The molecule has 1 saturated heterocycles. The number of furan rings is 1. The summed E-state index contributed by atoms with van der Waals surface area (Å²) < 4.78 is 5.00. The van der Waals surface area contributed by atoms with E-state index in [-0.39, 0.29) is 29.8 Å². The van der Waals surface area contributed by atoms with Gasteiger partial charge in [-0.25, -0.2) is 0 Å². The van der Waals surface area contributed by atoms with E-state index in [1.165, 1.54) is 12.3 Å². The molecule has 19 heavy (non-hydrogen) atoms. The van der Waals surface area contributed by atoms with E-state index in [0.717, 1.165) is 4.90 Å². The number of hydrazone groups is 1. The van der Waals surface area contributed by atoms with Crippen molar-refractivity contribution in [2.24, 2.45) is 11.0 Å². The van der Waals surface area contributed by atoms with E-state index in [9.17, 15) is 14.4 Å². The van der Waals surface area contributed by atoms with Gasteiger partial charge in [-0.05, 0) is 19.1 Å². The van der Waals surface area contributed by atoms with E-state index in [1.807, 2.05) is 0 Å². The lowest BCUT2D eigenvalue weighted by molar-refractivity contribution is -0.139. The maximum Gasteiger partial charge on any atom is 0.254 e. The van der Waals surface area contributed by atoms with Gasteiger partial charge in [0.1, 0.15) is 17.7 Å². The lowest BCUT2D eigenvalue weighted by Gasteiger charge is -2.11. The fourth-order valence-corrected chi connectivity index (χ4v) is 2.38. The summed E-state index contributed by atoms with van der Waals surface area (Å²) >= 11 is 0. The number of hydrogen-bond donors (Lipinski definition) is 1. The summed E-state index contributed by atoms with van der Waals surface area (Å²) in [5.41, 5.74) is 2.61. The number of likely N-dealkylation sites (N-methyl/N-ethyl adjacent to an activating group) is 1. The minimum absolute atomic E-state index is 0.0363. The van der Waals surface area contributed by atoms with Crippen molar-refractivity contribution in [2.75, 3.05) is 6.54 Å². The van der Waals surface area contributed by atoms with Gasteiger partial charge in [-0.3, -0.25) is 24.7 Å². The summed E-state index contributed by atoms with van der Waals surface area (Å²) in [4.78, 5) is 37.3. The zero-order valence-corrected chi connectivity index (χ0v) is 10.1. The zero-order valence-electron chi connectivity index (χ0n) is 10.1. The number of rotatable bonds is 3. The Kier molecular flexibility index (Phi) is 2.48. The van der Waals surface area contributed by atoms with Crippen LogP contribution in [0.15, 0.2) is 27.9 Å². The Balaban J connectivity index is 1.93. The molecule has 0 radical (unpaired) electrons. The van der Waals surface area contributed by atoms with Crippen LogP contribution in [0, 0.1) is 5.92 Å². The molecule has 0 saturated carbocycles. The molecular weight excluding hydrogens is 250 g/mol. The predicted molar refractivity (Wildman–Crippen MR) is 63.3 cm³/mol. The normalized spacial score (nSPS) is 25.3. The van der Waals surface area contributed by atoms with Crippen LogP contribution in [-0.2, 0) is 9.59 Å². The average Bonchev–Trinajstić information content (AvgIpc) is 3.10. The average molecular weight is 261 g/mol. The zero-order chi connectivity index (χ0) is 13.6. The van der Waals surface area contributed by atoms with E-state index < -0.39 is 17.7 Å². The van der Waals surface area contributed by atoms with E-state index in [2.05, 4.69) is 10.5 Å². The van der Waals surface area contributed by atoms with Crippen molar-refractivity contribution in [2.45, 2.75) is 13.0 Å². The number of Topliss-reactive ketones (excluding diaryl/α,β-unsaturated/α-hetero) is 1. The van der Waals surface area contributed by atoms with Gasteiger partial charge in [0.15, 0.2) is 5.76 Å². The van der Waals surface area contributed by atoms with Gasteiger partial charge in [0.2, 0.25) is 11.7 Å². The van der Waals surface area contributed by atoms with Crippen LogP contribution in [0.3, 0.4) is 0 Å². The Morgan fingerprint density at radius 3 is 2.89 bits per heavy atom. The van der Waals surface area contributed by atoms with Gasteiger partial charge >= 0.3 is 0 Å². The summed E-state index contributed by atoms with van der Waals surface area (Å²) in [7, 11) is 0. The van der Waals surface area contributed by atoms with Gasteiger partial charge in [0, 0.05) is 6.54 Å². The van der Waals surface area contributed by atoms with Crippen LogP contribution in [0.4, 0.5) is 0 Å². The smallest absolute Gasteiger partial charge is 0.254 e. The standard InChI is InChI=1S/C12H11N3O4/c1-2-15-11(17)7-8(13-14-9(7)12(15)18)10(16)6-4-3-5-19-6/h3-5,7,9,14H,2H2,1H3. The van der Waals surface area contributed by atoms with Crippen molar-refractivity contribution in [1.29, 1.82) is 0 Å². The molecule has 2 aliphatic heterocycles. The SMILES string of the molecule is CCN1C(=O)C2NN=C(C(=O)c3ccco3)C2C1=O. The quantitative estimate of drug-likeness (QED) is 0.600. The van der Waals surface area contributed by atoms with E-state index in [4.69, 9.17) is 4.42 Å². The summed E-state index contributed by atoms with van der Waals surface area (Å²) in [5.74, 6) is -1.93. The second-order valence-corrected chi connectivity index (χ2v) is 4.31. The molecular formula is C12H11N3O4. The molecule has 2 amide bonds. The highest BCUT2D eigenvalue weighted by Gasteiger charge is 2.54. The number of nitrogens with zero attached hydrogens (tertiary/aromatic N) is 2. The van der Waals surface area contributed by atoms with Crippen LogP contribution >= 0.6 is 0 Å². The molecule has 3 heterocycles. The first kappa shape index (κ1) is 11.6. The number of carbonyl (C=O) groups is 3. The third-order valence-electron chi connectivity index (χ3n) is 3.31. The largest absolute Gasteiger partial charge is 0.461 e. The topological polar surface area (TPSA) is 92.0 Å². The van der Waals surface area contributed by atoms with E-state index >= 15 is 0 Å². The first-order valence-electron chi connectivity index (χ1n) is 5.91. The maximum absolute atomic E-state index is 12.2. The minimum Gasteiger partial charge on any atom is -0.461 e. The van der Waals surface area contributed by atoms with Crippen LogP contribution in [0.2, 0.25) is 0 Å². The molecule has 2 aliphatic rings. The first-order valence-corrected chi connectivity index (χ1v) is 5.91. The fraction of sp³-hybridized carbons (Fsp3) is 0.333. The Bertz CT molecular complexity index is 590. The summed E-state index contributed by atoms with van der Waals surface area (Å²) in [6.45, 7) is 2.00. The van der Waals surface area contributed by atoms with Crippen LogP contribution in [-0.4, -0.2) is 40.8 Å².